The van der Waals surface area contributed by atoms with E-state index in [1.165, 1.54) is 51.4 Å². The Labute approximate surface area is 197 Å². The molecule has 2 fully saturated rings. The van der Waals surface area contributed by atoms with Gasteiger partial charge < -0.3 is 19.7 Å². The molecule has 4 heterocycles. The van der Waals surface area contributed by atoms with Crippen LogP contribution in [0.1, 0.15) is 70.0 Å². The number of piperidine rings is 1. The van der Waals surface area contributed by atoms with Crippen LogP contribution in [-0.2, 0) is 17.8 Å². The first-order chi connectivity index (χ1) is 16.2. The number of amides is 1. The highest BCUT2D eigenvalue weighted by atomic mass is 16.1. The number of rotatable bonds is 6. The van der Waals surface area contributed by atoms with E-state index in [0.29, 0.717) is 12.6 Å². The number of fused-ring (bicyclic) bond motifs is 3. The van der Waals surface area contributed by atoms with Crippen LogP contribution in [0.2, 0.25) is 0 Å². The van der Waals surface area contributed by atoms with Crippen LogP contribution >= 0.6 is 0 Å². The van der Waals surface area contributed by atoms with E-state index in [-0.39, 0.29) is 11.8 Å². The van der Waals surface area contributed by atoms with Gasteiger partial charge in [-0.1, -0.05) is 25.7 Å². The molecule has 3 aliphatic rings. The van der Waals surface area contributed by atoms with Crippen molar-refractivity contribution < 1.29 is 4.79 Å². The Hall–Kier alpha value is -2.22. The fourth-order valence-electron chi connectivity index (χ4n) is 5.94. The summed E-state index contributed by atoms with van der Waals surface area (Å²) in [4.78, 5) is 31.9. The van der Waals surface area contributed by atoms with E-state index in [1.807, 2.05) is 0 Å². The molecule has 33 heavy (non-hydrogen) atoms. The summed E-state index contributed by atoms with van der Waals surface area (Å²) in [7, 11) is 2.21. The van der Waals surface area contributed by atoms with Gasteiger partial charge in [0, 0.05) is 45.2 Å². The third-order valence-electron chi connectivity index (χ3n) is 7.93. The molecule has 2 aromatic heterocycles. The molecule has 2 aliphatic heterocycles. The van der Waals surface area contributed by atoms with Crippen molar-refractivity contribution in [1.29, 1.82) is 0 Å². The molecule has 180 valence electrons. The highest BCUT2D eigenvalue weighted by Gasteiger charge is 2.29. The Kier molecular flexibility index (Phi) is 7.09. The number of carbonyl (C=O) groups excluding carboxylic acids is 1. The Bertz CT molecular complexity index is 952. The average Bonchev–Trinajstić information content (AvgIpc) is 3.05. The molecule has 1 aliphatic carbocycles. The van der Waals surface area contributed by atoms with Gasteiger partial charge in [0.15, 0.2) is 17.0 Å². The molecule has 1 amide bonds. The second-order valence-corrected chi connectivity index (χ2v) is 10.2. The van der Waals surface area contributed by atoms with E-state index in [9.17, 15) is 4.79 Å². The fourth-order valence-corrected chi connectivity index (χ4v) is 5.94. The Morgan fingerprint density at radius 3 is 2.79 bits per heavy atom. The lowest BCUT2D eigenvalue weighted by Crippen LogP contribution is -2.45. The van der Waals surface area contributed by atoms with Crippen molar-refractivity contribution in [2.24, 2.45) is 5.92 Å². The molecule has 1 saturated carbocycles. The van der Waals surface area contributed by atoms with E-state index >= 15 is 0 Å². The predicted molar refractivity (Wildman–Crippen MR) is 130 cm³/mol. The van der Waals surface area contributed by atoms with Gasteiger partial charge in [-0.15, -0.1) is 0 Å². The van der Waals surface area contributed by atoms with Crippen LogP contribution in [0.3, 0.4) is 0 Å². The van der Waals surface area contributed by atoms with Crippen molar-refractivity contribution in [3.8, 4) is 0 Å². The number of hydrogen-bond donors (Lipinski definition) is 1. The van der Waals surface area contributed by atoms with E-state index in [2.05, 4.69) is 36.7 Å². The minimum absolute atomic E-state index is 0.00388. The molecule has 1 N–H and O–H groups in total. The number of nitrogens with zero attached hydrogens (tertiary/aromatic N) is 6. The zero-order chi connectivity index (χ0) is 22.6. The van der Waals surface area contributed by atoms with Crippen molar-refractivity contribution >= 4 is 22.9 Å². The molecule has 1 atom stereocenters. The summed E-state index contributed by atoms with van der Waals surface area (Å²) in [5.74, 6) is 2.22. The van der Waals surface area contributed by atoms with E-state index in [1.54, 1.807) is 6.33 Å². The summed E-state index contributed by atoms with van der Waals surface area (Å²) < 4.78 is 2.28. The maximum atomic E-state index is 13.0. The Morgan fingerprint density at radius 1 is 1.06 bits per heavy atom. The third-order valence-corrected chi connectivity index (χ3v) is 7.93. The molecule has 0 spiro atoms. The van der Waals surface area contributed by atoms with Crippen LogP contribution < -0.4 is 10.2 Å². The zero-order valence-electron chi connectivity index (χ0n) is 20.1. The van der Waals surface area contributed by atoms with Crippen LogP contribution in [0.15, 0.2) is 6.33 Å². The number of hydrogen-bond acceptors (Lipinski definition) is 6. The molecule has 0 unspecified atom stereocenters. The largest absolute Gasteiger partial charge is 0.355 e. The number of imidazole rings is 1. The van der Waals surface area contributed by atoms with Crippen molar-refractivity contribution in [3.05, 3.63) is 12.2 Å². The van der Waals surface area contributed by atoms with Gasteiger partial charge in [-0.3, -0.25) is 4.79 Å². The molecule has 0 radical (unpaired) electrons. The summed E-state index contributed by atoms with van der Waals surface area (Å²) in [5.41, 5.74) is 1.86. The van der Waals surface area contributed by atoms with Crippen LogP contribution in [0.25, 0.3) is 11.2 Å². The van der Waals surface area contributed by atoms with Gasteiger partial charge >= 0.3 is 0 Å². The summed E-state index contributed by atoms with van der Waals surface area (Å²) in [6.45, 7) is 4.27. The lowest BCUT2D eigenvalue weighted by molar-refractivity contribution is -0.125. The number of carbonyl (C=O) groups is 1. The predicted octanol–water partition coefficient (Wildman–Crippen LogP) is 3.15. The lowest BCUT2D eigenvalue weighted by Gasteiger charge is -2.33. The monoisotopic (exact) mass is 453 g/mol. The maximum absolute atomic E-state index is 13.0. The van der Waals surface area contributed by atoms with Crippen LogP contribution in [0.5, 0.6) is 0 Å². The standard InChI is InChI=1S/C25H39N7O/c1-30(20-10-4-2-5-11-20)16-13-26-25(33)19-9-8-14-31(17-19)23-22-24(28-18-27-23)32-15-7-3-6-12-21(32)29-22/h18-20H,2-17H2,1H3,(H,26,33)/t19-/m0/s1. The molecular formula is C25H39N7O. The van der Waals surface area contributed by atoms with Crippen LogP contribution in [0, 0.1) is 5.92 Å². The van der Waals surface area contributed by atoms with Crippen molar-refractivity contribution in [3.63, 3.8) is 0 Å². The minimum Gasteiger partial charge on any atom is -0.355 e. The van der Waals surface area contributed by atoms with Gasteiger partial charge in [0.25, 0.3) is 0 Å². The molecule has 0 bridgehead atoms. The van der Waals surface area contributed by atoms with E-state index in [0.717, 1.165) is 68.2 Å². The summed E-state index contributed by atoms with van der Waals surface area (Å²) >= 11 is 0. The second kappa shape index (κ2) is 10.4. The normalized spacial score (nSPS) is 22.4. The number of aryl methyl sites for hydroxylation is 2. The Balaban J connectivity index is 1.21. The molecule has 8 nitrogen and oxygen atoms in total. The van der Waals surface area contributed by atoms with Crippen LogP contribution in [-0.4, -0.2) is 69.6 Å². The third kappa shape index (κ3) is 5.00. The van der Waals surface area contributed by atoms with Gasteiger partial charge in [-0.05, 0) is 45.6 Å². The van der Waals surface area contributed by atoms with Crippen molar-refractivity contribution in [1.82, 2.24) is 29.7 Å². The quantitative estimate of drug-likeness (QED) is 0.724. The lowest BCUT2D eigenvalue weighted by atomic mass is 9.94. The average molecular weight is 454 g/mol. The highest BCUT2D eigenvalue weighted by Crippen LogP contribution is 2.29. The van der Waals surface area contributed by atoms with Crippen molar-refractivity contribution in [2.45, 2.75) is 83.2 Å². The molecule has 1 saturated heterocycles. The molecule has 0 aromatic carbocycles. The highest BCUT2D eigenvalue weighted by molar-refractivity contribution is 5.85. The van der Waals surface area contributed by atoms with Gasteiger partial charge in [0.05, 0.1) is 5.92 Å². The molecular weight excluding hydrogens is 414 g/mol. The number of aromatic nitrogens is 4. The zero-order valence-corrected chi connectivity index (χ0v) is 20.1. The van der Waals surface area contributed by atoms with Crippen LogP contribution in [0.4, 0.5) is 5.82 Å². The first-order valence-electron chi connectivity index (χ1n) is 13.1. The summed E-state index contributed by atoms with van der Waals surface area (Å²) in [5, 5.41) is 3.22. The van der Waals surface area contributed by atoms with E-state index in [4.69, 9.17) is 4.98 Å². The summed E-state index contributed by atoms with van der Waals surface area (Å²) in [6, 6.07) is 0.686. The first kappa shape index (κ1) is 22.6. The topological polar surface area (TPSA) is 79.2 Å². The van der Waals surface area contributed by atoms with Gasteiger partial charge in [0.2, 0.25) is 5.91 Å². The van der Waals surface area contributed by atoms with E-state index < -0.39 is 0 Å². The second-order valence-electron chi connectivity index (χ2n) is 10.2. The van der Waals surface area contributed by atoms with Gasteiger partial charge in [-0.2, -0.15) is 0 Å². The first-order valence-corrected chi connectivity index (χ1v) is 13.1. The smallest absolute Gasteiger partial charge is 0.224 e. The fraction of sp³-hybridized carbons (Fsp3) is 0.760. The minimum atomic E-state index is 0.00388. The van der Waals surface area contributed by atoms with Crippen molar-refractivity contribution in [2.75, 3.05) is 38.1 Å². The van der Waals surface area contributed by atoms with Gasteiger partial charge in [-0.25, -0.2) is 15.0 Å². The number of likely N-dealkylation sites (N-methyl/N-ethyl adjacent to an activating group) is 1. The van der Waals surface area contributed by atoms with Gasteiger partial charge in [0.1, 0.15) is 12.2 Å². The number of nitrogens with one attached hydrogen (secondary N) is 1. The number of anilines is 1. The molecule has 5 rings (SSSR count). The Morgan fingerprint density at radius 2 is 1.91 bits per heavy atom. The molecule has 8 heteroatoms. The maximum Gasteiger partial charge on any atom is 0.224 e. The summed E-state index contributed by atoms with van der Waals surface area (Å²) in [6.07, 6.45) is 14.9. The molecule has 2 aromatic rings. The SMILES string of the molecule is CN(CCNC(=O)[C@H]1CCCN(c2ncnc3c2nc2n3CCCCC2)C1)C1CCCCC1.